The van der Waals surface area contributed by atoms with Gasteiger partial charge in [0.1, 0.15) is 5.82 Å². The van der Waals surface area contributed by atoms with E-state index in [-0.39, 0.29) is 11.4 Å². The van der Waals surface area contributed by atoms with E-state index in [4.69, 9.17) is 11.6 Å². The van der Waals surface area contributed by atoms with Gasteiger partial charge in [-0.1, -0.05) is 11.6 Å². The van der Waals surface area contributed by atoms with Crippen LogP contribution in [-0.4, -0.2) is 24.3 Å². The van der Waals surface area contributed by atoms with Crippen LogP contribution in [0.1, 0.15) is 11.3 Å². The van der Waals surface area contributed by atoms with Crippen LogP contribution in [0.15, 0.2) is 47.4 Å². The summed E-state index contributed by atoms with van der Waals surface area (Å²) >= 11 is 6.07. The molecule has 1 aliphatic heterocycles. The van der Waals surface area contributed by atoms with Crippen LogP contribution in [0.25, 0.3) is 10.9 Å². The fraction of sp³-hybridized carbons (Fsp3) is 0.176. The number of hydrogen-bond donors (Lipinski definition) is 1. The van der Waals surface area contributed by atoms with Crippen LogP contribution >= 0.6 is 11.6 Å². The first-order chi connectivity index (χ1) is 11.4. The molecule has 124 valence electrons. The lowest BCUT2D eigenvalue weighted by Gasteiger charge is -2.26. The highest BCUT2D eigenvalue weighted by atomic mass is 35.5. The fourth-order valence-corrected chi connectivity index (χ4v) is 4.70. The van der Waals surface area contributed by atoms with Crippen molar-refractivity contribution < 1.29 is 12.8 Å². The van der Waals surface area contributed by atoms with Gasteiger partial charge in [0, 0.05) is 41.1 Å². The van der Waals surface area contributed by atoms with E-state index < -0.39 is 15.8 Å². The lowest BCUT2D eigenvalue weighted by Crippen LogP contribution is -2.35. The number of hydrogen-bond acceptors (Lipinski definition) is 2. The van der Waals surface area contributed by atoms with Crippen molar-refractivity contribution in [2.45, 2.75) is 17.9 Å². The first kappa shape index (κ1) is 15.6. The van der Waals surface area contributed by atoms with Gasteiger partial charge < -0.3 is 4.98 Å². The highest BCUT2D eigenvalue weighted by molar-refractivity contribution is 7.89. The summed E-state index contributed by atoms with van der Waals surface area (Å²) < 4.78 is 40.1. The van der Waals surface area contributed by atoms with Crippen LogP contribution in [0.4, 0.5) is 4.39 Å². The Kier molecular flexibility index (Phi) is 3.63. The Bertz CT molecular complexity index is 1030. The smallest absolute Gasteiger partial charge is 0.243 e. The molecule has 0 saturated carbocycles. The van der Waals surface area contributed by atoms with Crippen LogP contribution < -0.4 is 0 Å². The molecule has 0 atom stereocenters. The van der Waals surface area contributed by atoms with Crippen molar-refractivity contribution in [2.75, 3.05) is 6.54 Å². The van der Waals surface area contributed by atoms with Gasteiger partial charge in [0.15, 0.2) is 0 Å². The molecule has 2 heterocycles. The Balaban J connectivity index is 1.74. The van der Waals surface area contributed by atoms with Gasteiger partial charge in [-0.3, -0.25) is 0 Å². The minimum Gasteiger partial charge on any atom is -0.358 e. The zero-order valence-corrected chi connectivity index (χ0v) is 14.2. The molecule has 0 radical (unpaired) electrons. The summed E-state index contributed by atoms with van der Waals surface area (Å²) in [5.74, 6) is -0.457. The second-order valence-corrected chi connectivity index (χ2v) is 8.19. The van der Waals surface area contributed by atoms with Crippen molar-refractivity contribution in [2.24, 2.45) is 0 Å². The number of fused-ring (bicyclic) bond motifs is 3. The molecular formula is C17H14ClFN2O2S. The summed E-state index contributed by atoms with van der Waals surface area (Å²) in [5.41, 5.74) is 2.94. The highest BCUT2D eigenvalue weighted by Crippen LogP contribution is 2.32. The summed E-state index contributed by atoms with van der Waals surface area (Å²) in [6.07, 6.45) is 0.599. The number of aromatic nitrogens is 1. The third-order valence-electron chi connectivity index (χ3n) is 4.35. The number of rotatable bonds is 2. The maximum atomic E-state index is 13.1. The lowest BCUT2D eigenvalue weighted by atomic mass is 10.1. The van der Waals surface area contributed by atoms with E-state index in [0.29, 0.717) is 18.0 Å². The largest absolute Gasteiger partial charge is 0.358 e. The van der Waals surface area contributed by atoms with Gasteiger partial charge in [0.2, 0.25) is 10.0 Å². The second-order valence-electron chi connectivity index (χ2n) is 5.81. The third-order valence-corrected chi connectivity index (χ3v) is 6.45. The topological polar surface area (TPSA) is 53.2 Å². The van der Waals surface area contributed by atoms with Gasteiger partial charge in [0.25, 0.3) is 0 Å². The number of H-pyrrole nitrogens is 1. The van der Waals surface area contributed by atoms with E-state index in [1.54, 1.807) is 6.07 Å². The van der Waals surface area contributed by atoms with Crippen molar-refractivity contribution in [3.8, 4) is 0 Å². The van der Waals surface area contributed by atoms with Crippen LogP contribution in [0.2, 0.25) is 5.02 Å². The summed E-state index contributed by atoms with van der Waals surface area (Å²) in [6.45, 7) is 0.655. The number of halogens is 2. The van der Waals surface area contributed by atoms with E-state index in [1.165, 1.54) is 16.4 Å². The van der Waals surface area contributed by atoms with Gasteiger partial charge in [-0.15, -0.1) is 0 Å². The fourth-order valence-electron chi connectivity index (χ4n) is 3.12. The molecule has 4 rings (SSSR count). The molecule has 0 unspecified atom stereocenters. The Labute approximate surface area is 143 Å². The molecule has 1 N–H and O–H groups in total. The van der Waals surface area contributed by atoms with E-state index in [2.05, 4.69) is 4.98 Å². The molecule has 3 aromatic rings. The predicted octanol–water partition coefficient (Wildman–Crippen LogP) is 3.71. The minimum atomic E-state index is -3.66. The third kappa shape index (κ3) is 2.51. The highest BCUT2D eigenvalue weighted by Gasteiger charge is 2.30. The normalized spacial score (nSPS) is 15.6. The van der Waals surface area contributed by atoms with Crippen molar-refractivity contribution in [1.29, 1.82) is 0 Å². The van der Waals surface area contributed by atoms with E-state index in [9.17, 15) is 12.8 Å². The van der Waals surface area contributed by atoms with Crippen LogP contribution in [0.5, 0.6) is 0 Å². The van der Waals surface area contributed by atoms with Crippen LogP contribution in [-0.2, 0) is 23.0 Å². The molecule has 24 heavy (non-hydrogen) atoms. The molecule has 1 aliphatic rings. The minimum absolute atomic E-state index is 0.102. The molecular weight excluding hydrogens is 351 g/mol. The average Bonchev–Trinajstić information content (AvgIpc) is 2.92. The van der Waals surface area contributed by atoms with E-state index in [1.807, 2.05) is 12.1 Å². The van der Waals surface area contributed by atoms with E-state index in [0.717, 1.165) is 34.3 Å². The SMILES string of the molecule is O=S(=O)(c1ccc(F)cc1)N1CCc2[nH]c3ccc(Cl)cc3c2C1. The van der Waals surface area contributed by atoms with Gasteiger partial charge in [-0.2, -0.15) is 4.31 Å². The van der Waals surface area contributed by atoms with Crippen LogP contribution in [0, 0.1) is 5.82 Å². The molecule has 0 amide bonds. The molecule has 2 aromatic carbocycles. The zero-order valence-electron chi connectivity index (χ0n) is 12.6. The number of sulfonamides is 1. The molecule has 0 aliphatic carbocycles. The van der Waals surface area contributed by atoms with E-state index >= 15 is 0 Å². The second kappa shape index (κ2) is 5.58. The number of nitrogens with one attached hydrogen (secondary N) is 1. The Morgan fingerprint density at radius 1 is 1.12 bits per heavy atom. The number of benzene rings is 2. The predicted molar refractivity (Wildman–Crippen MR) is 91.0 cm³/mol. The Morgan fingerprint density at radius 2 is 1.88 bits per heavy atom. The molecule has 0 saturated heterocycles. The summed E-state index contributed by atoms with van der Waals surface area (Å²) in [5, 5.41) is 1.55. The molecule has 7 heteroatoms. The monoisotopic (exact) mass is 364 g/mol. The maximum Gasteiger partial charge on any atom is 0.243 e. The van der Waals surface area contributed by atoms with Gasteiger partial charge >= 0.3 is 0 Å². The molecule has 4 nitrogen and oxygen atoms in total. The molecule has 0 spiro atoms. The van der Waals surface area contributed by atoms with Crippen molar-refractivity contribution in [3.05, 3.63) is 64.6 Å². The summed E-state index contributed by atoms with van der Waals surface area (Å²) in [4.78, 5) is 3.43. The Hall–Kier alpha value is -1.89. The molecule has 1 aromatic heterocycles. The van der Waals surface area contributed by atoms with Crippen molar-refractivity contribution in [3.63, 3.8) is 0 Å². The number of nitrogens with zero attached hydrogens (tertiary/aromatic N) is 1. The maximum absolute atomic E-state index is 13.1. The molecule has 0 bridgehead atoms. The number of aromatic amines is 1. The summed E-state index contributed by atoms with van der Waals surface area (Å²) in [6, 6.07) is 10.5. The zero-order chi connectivity index (χ0) is 16.9. The van der Waals surface area contributed by atoms with Gasteiger partial charge in [0.05, 0.1) is 4.90 Å². The van der Waals surface area contributed by atoms with Crippen molar-refractivity contribution >= 4 is 32.5 Å². The lowest BCUT2D eigenvalue weighted by molar-refractivity contribution is 0.391. The first-order valence-electron chi connectivity index (χ1n) is 7.50. The average molecular weight is 365 g/mol. The van der Waals surface area contributed by atoms with Gasteiger partial charge in [-0.05, 0) is 48.0 Å². The molecule has 0 fully saturated rings. The van der Waals surface area contributed by atoms with Gasteiger partial charge in [-0.25, -0.2) is 12.8 Å². The van der Waals surface area contributed by atoms with Crippen molar-refractivity contribution in [1.82, 2.24) is 9.29 Å². The Morgan fingerprint density at radius 3 is 2.62 bits per heavy atom. The standard InChI is InChI=1S/C17H14ClFN2O2S/c18-11-1-6-16-14(9-11)15-10-21(8-7-17(15)20-16)24(22,23)13-4-2-12(19)3-5-13/h1-6,9,20H,7-8,10H2. The van der Waals surface area contributed by atoms with Crippen LogP contribution in [0.3, 0.4) is 0 Å². The quantitative estimate of drug-likeness (QED) is 0.753. The summed E-state index contributed by atoms with van der Waals surface area (Å²) in [7, 11) is -3.66. The first-order valence-corrected chi connectivity index (χ1v) is 9.31.